The van der Waals surface area contributed by atoms with Crippen molar-refractivity contribution in [3.63, 3.8) is 0 Å². The lowest BCUT2D eigenvalue weighted by Crippen LogP contribution is -2.49. The van der Waals surface area contributed by atoms with Gasteiger partial charge in [0.05, 0.1) is 5.52 Å². The summed E-state index contributed by atoms with van der Waals surface area (Å²) in [5, 5.41) is 4.85. The molecule has 1 N–H and O–H groups in total. The topological polar surface area (TPSA) is 45.2 Å². The number of carbonyl (C=O) groups is 1. The highest BCUT2D eigenvalue weighted by molar-refractivity contribution is 5.78. The molecule has 1 saturated heterocycles. The summed E-state index contributed by atoms with van der Waals surface area (Å²) in [4.78, 5) is 18.2. The number of pyridine rings is 1. The van der Waals surface area contributed by atoms with Crippen LogP contribution in [0.5, 0.6) is 0 Å². The van der Waals surface area contributed by atoms with Gasteiger partial charge in [-0.3, -0.25) is 9.78 Å². The molecule has 0 saturated carbocycles. The van der Waals surface area contributed by atoms with Gasteiger partial charge in [0.2, 0.25) is 5.91 Å². The molecule has 0 bridgehead atoms. The number of nitrogens with zero attached hydrogens (tertiary/aromatic N) is 2. The van der Waals surface area contributed by atoms with E-state index in [2.05, 4.69) is 41.5 Å². The molecule has 0 radical (unpaired) electrons. The van der Waals surface area contributed by atoms with Crippen molar-refractivity contribution in [2.24, 2.45) is 5.92 Å². The Morgan fingerprint density at radius 2 is 2.26 bits per heavy atom. The molecule has 0 unspecified atom stereocenters. The van der Waals surface area contributed by atoms with Crippen LogP contribution in [0.3, 0.4) is 0 Å². The summed E-state index contributed by atoms with van der Waals surface area (Å²) in [5.74, 6) is 0.763. The molecule has 4 heteroatoms. The molecule has 2 heterocycles. The maximum absolute atomic E-state index is 11.8. The van der Waals surface area contributed by atoms with Crippen molar-refractivity contribution in [3.05, 3.63) is 42.1 Å². The summed E-state index contributed by atoms with van der Waals surface area (Å²) >= 11 is 0. The Bertz CT molecular complexity index is 685. The number of likely N-dealkylation sites (tertiary alicyclic amines) is 1. The highest BCUT2D eigenvalue weighted by atomic mass is 16.2. The Hall–Kier alpha value is -1.94. The third-order valence-corrected chi connectivity index (χ3v) is 4.80. The molecule has 0 aliphatic carbocycles. The number of aromatic nitrogens is 1. The molecule has 0 spiro atoms. The predicted molar refractivity (Wildman–Crippen MR) is 93.0 cm³/mol. The number of benzene rings is 1. The first-order valence-corrected chi connectivity index (χ1v) is 8.52. The summed E-state index contributed by atoms with van der Waals surface area (Å²) in [6.07, 6.45) is 3.46. The molecule has 3 rings (SSSR count). The van der Waals surface area contributed by atoms with Gasteiger partial charge in [0.25, 0.3) is 0 Å². The van der Waals surface area contributed by atoms with E-state index < -0.39 is 0 Å². The molecule has 1 aromatic carbocycles. The second kappa shape index (κ2) is 7.09. The Labute approximate surface area is 137 Å². The van der Waals surface area contributed by atoms with Crippen LogP contribution in [0.2, 0.25) is 0 Å². The number of amides is 1. The van der Waals surface area contributed by atoms with Crippen LogP contribution < -0.4 is 5.32 Å². The first-order valence-electron chi connectivity index (χ1n) is 8.52. The van der Waals surface area contributed by atoms with E-state index in [0.717, 1.165) is 31.6 Å². The van der Waals surface area contributed by atoms with Crippen LogP contribution in [0.1, 0.15) is 32.3 Å². The Morgan fingerprint density at radius 3 is 3.04 bits per heavy atom. The van der Waals surface area contributed by atoms with E-state index >= 15 is 0 Å². The molecule has 1 fully saturated rings. The monoisotopic (exact) mass is 311 g/mol. The van der Waals surface area contributed by atoms with Crippen LogP contribution in [0, 0.1) is 5.92 Å². The molecule has 122 valence electrons. The third-order valence-electron chi connectivity index (χ3n) is 4.80. The average molecular weight is 311 g/mol. The van der Waals surface area contributed by atoms with Gasteiger partial charge in [-0.2, -0.15) is 0 Å². The molecule has 2 aromatic rings. The van der Waals surface area contributed by atoms with E-state index in [0.29, 0.717) is 18.4 Å². The lowest BCUT2D eigenvalue weighted by molar-refractivity contribution is -0.132. The maximum Gasteiger partial charge on any atom is 0.222 e. The van der Waals surface area contributed by atoms with Gasteiger partial charge in [0.1, 0.15) is 0 Å². The van der Waals surface area contributed by atoms with Gasteiger partial charge in [-0.05, 0) is 36.1 Å². The molecule has 23 heavy (non-hydrogen) atoms. The predicted octanol–water partition coefficient (Wildman–Crippen LogP) is 2.97. The maximum atomic E-state index is 11.8. The van der Waals surface area contributed by atoms with E-state index in [1.54, 1.807) is 0 Å². The highest BCUT2D eigenvalue weighted by Gasteiger charge is 2.27. The van der Waals surface area contributed by atoms with Gasteiger partial charge in [-0.25, -0.2) is 0 Å². The SMILES string of the molecule is CCC(=O)N1CC[C@@H](NCc2ccc3ncccc3c2)[C@@H](C)C1. The summed E-state index contributed by atoms with van der Waals surface area (Å²) in [5.41, 5.74) is 2.32. The van der Waals surface area contributed by atoms with Gasteiger partial charge in [-0.15, -0.1) is 0 Å². The molecule has 4 nitrogen and oxygen atoms in total. The summed E-state index contributed by atoms with van der Waals surface area (Å²) < 4.78 is 0. The highest BCUT2D eigenvalue weighted by Crippen LogP contribution is 2.19. The van der Waals surface area contributed by atoms with E-state index in [1.807, 2.05) is 24.1 Å². The molecule has 1 aromatic heterocycles. The minimum absolute atomic E-state index is 0.275. The first kappa shape index (κ1) is 15.9. The Kier molecular flexibility index (Phi) is 4.91. The standard InChI is InChI=1S/C19H25N3O/c1-3-19(23)22-10-8-17(14(2)13-22)21-12-15-6-7-18-16(11-15)5-4-9-20-18/h4-7,9,11,14,17,21H,3,8,10,12-13H2,1-2H3/t14-,17+/m0/s1. The smallest absolute Gasteiger partial charge is 0.222 e. The second-order valence-corrected chi connectivity index (χ2v) is 6.48. The number of piperidine rings is 1. The van der Waals surface area contributed by atoms with E-state index in [-0.39, 0.29) is 5.91 Å². The summed E-state index contributed by atoms with van der Waals surface area (Å²) in [7, 11) is 0. The number of hydrogen-bond acceptors (Lipinski definition) is 3. The van der Waals surface area contributed by atoms with Crippen LogP contribution in [0.15, 0.2) is 36.5 Å². The van der Waals surface area contributed by atoms with Gasteiger partial charge in [-0.1, -0.05) is 26.0 Å². The Balaban J connectivity index is 1.58. The number of hydrogen-bond donors (Lipinski definition) is 1. The van der Waals surface area contributed by atoms with Crippen molar-refractivity contribution in [3.8, 4) is 0 Å². The zero-order valence-corrected chi connectivity index (χ0v) is 14.0. The zero-order chi connectivity index (χ0) is 16.2. The summed E-state index contributed by atoms with van der Waals surface area (Å²) in [6.45, 7) is 6.77. The van der Waals surface area contributed by atoms with Crippen molar-refractivity contribution >= 4 is 16.8 Å². The van der Waals surface area contributed by atoms with Crippen molar-refractivity contribution in [2.45, 2.75) is 39.3 Å². The lowest BCUT2D eigenvalue weighted by atomic mass is 9.93. The molecule has 1 aliphatic rings. The number of fused-ring (bicyclic) bond motifs is 1. The fourth-order valence-corrected chi connectivity index (χ4v) is 3.38. The normalized spacial score (nSPS) is 21.6. The van der Waals surface area contributed by atoms with Crippen LogP contribution in [-0.4, -0.2) is 34.9 Å². The second-order valence-electron chi connectivity index (χ2n) is 6.48. The molecular weight excluding hydrogens is 286 g/mol. The van der Waals surface area contributed by atoms with E-state index in [1.165, 1.54) is 10.9 Å². The molecule has 1 aliphatic heterocycles. The quantitative estimate of drug-likeness (QED) is 0.944. The first-order chi connectivity index (χ1) is 11.2. The molecular formula is C19H25N3O. The summed E-state index contributed by atoms with van der Waals surface area (Å²) in [6, 6.07) is 11.0. The average Bonchev–Trinajstić information content (AvgIpc) is 2.59. The van der Waals surface area contributed by atoms with Crippen molar-refractivity contribution < 1.29 is 4.79 Å². The van der Waals surface area contributed by atoms with E-state index in [4.69, 9.17) is 0 Å². The van der Waals surface area contributed by atoms with Gasteiger partial charge >= 0.3 is 0 Å². The third kappa shape index (κ3) is 3.70. The van der Waals surface area contributed by atoms with Gasteiger partial charge < -0.3 is 10.2 Å². The van der Waals surface area contributed by atoms with Crippen molar-refractivity contribution in [1.29, 1.82) is 0 Å². The van der Waals surface area contributed by atoms with Gasteiger partial charge in [0, 0.05) is 43.7 Å². The number of rotatable bonds is 4. The van der Waals surface area contributed by atoms with Crippen LogP contribution >= 0.6 is 0 Å². The minimum Gasteiger partial charge on any atom is -0.342 e. The minimum atomic E-state index is 0.275. The number of carbonyl (C=O) groups excluding carboxylic acids is 1. The fourth-order valence-electron chi connectivity index (χ4n) is 3.38. The number of nitrogens with one attached hydrogen (secondary N) is 1. The Morgan fingerprint density at radius 1 is 1.39 bits per heavy atom. The zero-order valence-electron chi connectivity index (χ0n) is 14.0. The molecule has 1 amide bonds. The fraction of sp³-hybridized carbons (Fsp3) is 0.474. The van der Waals surface area contributed by atoms with E-state index in [9.17, 15) is 4.79 Å². The van der Waals surface area contributed by atoms with Crippen molar-refractivity contribution in [1.82, 2.24) is 15.2 Å². The van der Waals surface area contributed by atoms with Crippen LogP contribution in [-0.2, 0) is 11.3 Å². The molecule has 2 atom stereocenters. The lowest BCUT2D eigenvalue weighted by Gasteiger charge is -2.37. The largest absolute Gasteiger partial charge is 0.342 e. The van der Waals surface area contributed by atoms with Crippen LogP contribution in [0.25, 0.3) is 10.9 Å². The van der Waals surface area contributed by atoms with Crippen LogP contribution in [0.4, 0.5) is 0 Å². The van der Waals surface area contributed by atoms with Gasteiger partial charge in [0.15, 0.2) is 0 Å². The van der Waals surface area contributed by atoms with Crippen molar-refractivity contribution in [2.75, 3.05) is 13.1 Å².